The Morgan fingerprint density at radius 3 is 3.00 bits per heavy atom. The first-order valence-corrected chi connectivity index (χ1v) is 5.52. The van der Waals surface area contributed by atoms with Gasteiger partial charge < -0.3 is 5.73 Å². The maximum absolute atomic E-state index is 5.96. The third-order valence-electron chi connectivity index (χ3n) is 2.87. The van der Waals surface area contributed by atoms with Crippen LogP contribution in [0.1, 0.15) is 30.4 Å². The second-order valence-electron chi connectivity index (χ2n) is 3.82. The Bertz CT molecular complexity index is 320. The first-order valence-electron chi connectivity index (χ1n) is 4.73. The van der Waals surface area contributed by atoms with Crippen molar-refractivity contribution in [3.8, 4) is 0 Å². The molecule has 1 nitrogen and oxygen atoms in total. The topological polar surface area (TPSA) is 26.0 Å². The van der Waals surface area contributed by atoms with Crippen LogP contribution in [-0.4, -0.2) is 6.04 Å². The quantitative estimate of drug-likeness (QED) is 0.802. The summed E-state index contributed by atoms with van der Waals surface area (Å²) in [6.45, 7) is 2.10. The largest absolute Gasteiger partial charge is 0.327 e. The second-order valence-corrected chi connectivity index (χ2v) is 4.67. The lowest BCUT2D eigenvalue weighted by Crippen LogP contribution is -2.23. The number of hydrogen-bond acceptors (Lipinski definition) is 1. The third kappa shape index (κ3) is 1.53. The van der Waals surface area contributed by atoms with E-state index in [9.17, 15) is 0 Å². The van der Waals surface area contributed by atoms with Gasteiger partial charge in [-0.25, -0.2) is 0 Å². The zero-order valence-electron chi connectivity index (χ0n) is 7.76. The Hall–Kier alpha value is -0.340. The Labute approximate surface area is 87.5 Å². The average molecular weight is 240 g/mol. The molecule has 0 radical (unpaired) electrons. The predicted octanol–water partition coefficient (Wildman–Crippen LogP) is 2.83. The standard InChI is InChI=1S/C11H14BrN/c1-7(13)9-6-5-8-3-2-4-10(12)11(8)9/h2-4,7,9H,5-6,13H2,1H3. The summed E-state index contributed by atoms with van der Waals surface area (Å²) in [5.41, 5.74) is 8.87. The zero-order chi connectivity index (χ0) is 9.42. The molecule has 2 atom stereocenters. The molecular formula is C11H14BrN. The molecule has 0 saturated carbocycles. The minimum atomic E-state index is 0.264. The highest BCUT2D eigenvalue weighted by Gasteiger charge is 2.26. The van der Waals surface area contributed by atoms with Crippen LogP contribution >= 0.6 is 15.9 Å². The van der Waals surface area contributed by atoms with E-state index in [2.05, 4.69) is 41.1 Å². The van der Waals surface area contributed by atoms with Gasteiger partial charge in [-0.3, -0.25) is 0 Å². The van der Waals surface area contributed by atoms with E-state index in [0.29, 0.717) is 5.92 Å². The molecule has 0 fully saturated rings. The minimum absolute atomic E-state index is 0.264. The zero-order valence-corrected chi connectivity index (χ0v) is 9.34. The predicted molar refractivity (Wildman–Crippen MR) is 58.9 cm³/mol. The summed E-state index contributed by atoms with van der Waals surface area (Å²) < 4.78 is 1.23. The smallest absolute Gasteiger partial charge is 0.0213 e. The van der Waals surface area contributed by atoms with Crippen molar-refractivity contribution < 1.29 is 0 Å². The maximum atomic E-state index is 5.96. The number of fused-ring (bicyclic) bond motifs is 1. The van der Waals surface area contributed by atoms with Crippen LogP contribution in [0.5, 0.6) is 0 Å². The van der Waals surface area contributed by atoms with Gasteiger partial charge in [-0.15, -0.1) is 0 Å². The molecular weight excluding hydrogens is 226 g/mol. The first-order chi connectivity index (χ1) is 6.20. The summed E-state index contributed by atoms with van der Waals surface area (Å²) in [4.78, 5) is 0. The van der Waals surface area contributed by atoms with Gasteiger partial charge in [0.1, 0.15) is 0 Å². The molecule has 0 heterocycles. The van der Waals surface area contributed by atoms with Crippen LogP contribution in [0.3, 0.4) is 0 Å². The molecule has 1 aromatic rings. The van der Waals surface area contributed by atoms with Crippen molar-refractivity contribution in [2.24, 2.45) is 5.73 Å². The normalized spacial score (nSPS) is 22.8. The van der Waals surface area contributed by atoms with Gasteiger partial charge in [0.15, 0.2) is 0 Å². The molecule has 70 valence electrons. The van der Waals surface area contributed by atoms with Gasteiger partial charge in [-0.2, -0.15) is 0 Å². The first kappa shape index (κ1) is 9.22. The fraction of sp³-hybridized carbons (Fsp3) is 0.455. The van der Waals surface area contributed by atoms with Gasteiger partial charge in [0.05, 0.1) is 0 Å². The molecule has 0 aromatic heterocycles. The van der Waals surface area contributed by atoms with Crippen molar-refractivity contribution in [1.29, 1.82) is 0 Å². The summed E-state index contributed by atoms with van der Waals surface area (Å²) >= 11 is 3.60. The van der Waals surface area contributed by atoms with Crippen LogP contribution < -0.4 is 5.73 Å². The summed E-state index contributed by atoms with van der Waals surface area (Å²) in [5, 5.41) is 0. The van der Waals surface area contributed by atoms with Crippen molar-refractivity contribution in [1.82, 2.24) is 0 Å². The van der Waals surface area contributed by atoms with Crippen LogP contribution in [0.25, 0.3) is 0 Å². The minimum Gasteiger partial charge on any atom is -0.327 e. The molecule has 1 aromatic carbocycles. The Morgan fingerprint density at radius 2 is 2.31 bits per heavy atom. The van der Waals surface area contributed by atoms with E-state index >= 15 is 0 Å². The fourth-order valence-electron chi connectivity index (χ4n) is 2.20. The summed E-state index contributed by atoms with van der Waals surface area (Å²) in [5.74, 6) is 0.547. The highest BCUT2D eigenvalue weighted by molar-refractivity contribution is 9.10. The molecule has 0 aliphatic heterocycles. The van der Waals surface area contributed by atoms with Gasteiger partial charge in [-0.1, -0.05) is 28.1 Å². The molecule has 1 aliphatic rings. The molecule has 0 amide bonds. The number of halogens is 1. The summed E-state index contributed by atoms with van der Waals surface area (Å²) in [6, 6.07) is 6.69. The van der Waals surface area contributed by atoms with E-state index in [4.69, 9.17) is 5.73 Å². The summed E-state index contributed by atoms with van der Waals surface area (Å²) in [7, 11) is 0. The lowest BCUT2D eigenvalue weighted by molar-refractivity contribution is 0.563. The van der Waals surface area contributed by atoms with Gasteiger partial charge >= 0.3 is 0 Å². The number of hydrogen-bond donors (Lipinski definition) is 1. The Kier molecular flexibility index (Phi) is 2.43. The molecule has 13 heavy (non-hydrogen) atoms. The number of nitrogens with two attached hydrogens (primary N) is 1. The van der Waals surface area contributed by atoms with Crippen LogP contribution in [0.15, 0.2) is 22.7 Å². The number of benzene rings is 1. The molecule has 0 saturated heterocycles. The fourth-order valence-corrected chi connectivity index (χ4v) is 2.90. The maximum Gasteiger partial charge on any atom is 0.0213 e. The van der Waals surface area contributed by atoms with E-state index in [1.807, 2.05) is 0 Å². The van der Waals surface area contributed by atoms with Crippen molar-refractivity contribution >= 4 is 15.9 Å². The van der Waals surface area contributed by atoms with Crippen LogP contribution in [0, 0.1) is 0 Å². The summed E-state index contributed by atoms with van der Waals surface area (Å²) in [6.07, 6.45) is 2.39. The monoisotopic (exact) mass is 239 g/mol. The molecule has 2 heteroatoms. The molecule has 1 aliphatic carbocycles. The Balaban J connectivity index is 2.46. The lowest BCUT2D eigenvalue weighted by atomic mass is 9.95. The van der Waals surface area contributed by atoms with Crippen LogP contribution in [0.4, 0.5) is 0 Å². The van der Waals surface area contributed by atoms with Crippen LogP contribution in [-0.2, 0) is 6.42 Å². The molecule has 0 bridgehead atoms. The van der Waals surface area contributed by atoms with E-state index in [1.165, 1.54) is 28.4 Å². The third-order valence-corrected chi connectivity index (χ3v) is 3.56. The number of rotatable bonds is 1. The molecule has 2 N–H and O–H groups in total. The van der Waals surface area contributed by atoms with Gasteiger partial charge in [0.25, 0.3) is 0 Å². The van der Waals surface area contributed by atoms with E-state index in [-0.39, 0.29) is 6.04 Å². The number of aryl methyl sites for hydroxylation is 1. The SMILES string of the molecule is CC(N)C1CCc2cccc(Br)c21. The van der Waals surface area contributed by atoms with Gasteiger partial charge in [-0.05, 0) is 37.0 Å². The van der Waals surface area contributed by atoms with E-state index in [0.717, 1.165) is 0 Å². The molecule has 2 rings (SSSR count). The molecule has 2 unspecified atom stereocenters. The second kappa shape index (κ2) is 3.43. The van der Waals surface area contributed by atoms with E-state index < -0.39 is 0 Å². The van der Waals surface area contributed by atoms with Crippen molar-refractivity contribution in [3.63, 3.8) is 0 Å². The van der Waals surface area contributed by atoms with Gasteiger partial charge in [0.2, 0.25) is 0 Å². The van der Waals surface area contributed by atoms with Crippen LogP contribution in [0.2, 0.25) is 0 Å². The van der Waals surface area contributed by atoms with Gasteiger partial charge in [0, 0.05) is 16.4 Å². The highest BCUT2D eigenvalue weighted by atomic mass is 79.9. The Morgan fingerprint density at radius 1 is 1.54 bits per heavy atom. The highest BCUT2D eigenvalue weighted by Crippen LogP contribution is 2.39. The van der Waals surface area contributed by atoms with E-state index in [1.54, 1.807) is 0 Å². The van der Waals surface area contributed by atoms with Crippen molar-refractivity contribution in [2.45, 2.75) is 31.7 Å². The lowest BCUT2D eigenvalue weighted by Gasteiger charge is -2.16. The van der Waals surface area contributed by atoms with Crippen molar-refractivity contribution in [2.75, 3.05) is 0 Å². The van der Waals surface area contributed by atoms with Crippen molar-refractivity contribution in [3.05, 3.63) is 33.8 Å². The average Bonchev–Trinajstić information content (AvgIpc) is 2.49. The molecule has 0 spiro atoms.